The number of imidazole rings is 1. The first-order valence-corrected chi connectivity index (χ1v) is 5.47. The molecule has 0 saturated heterocycles. The van der Waals surface area contributed by atoms with E-state index in [1.165, 1.54) is 4.68 Å². The monoisotopic (exact) mass is 250 g/mol. The maximum absolute atomic E-state index is 11.1. The van der Waals surface area contributed by atoms with Gasteiger partial charge in [0.2, 0.25) is 5.82 Å². The molecule has 0 spiro atoms. The molecule has 2 heterocycles. The zero-order valence-corrected chi connectivity index (χ0v) is 10.2. The van der Waals surface area contributed by atoms with Crippen LogP contribution in [-0.2, 0) is 13.5 Å². The highest BCUT2D eigenvalue weighted by Crippen LogP contribution is 2.26. The number of nitrogens with two attached hydrogens (primary N) is 1. The molecule has 2 aromatic rings. The van der Waals surface area contributed by atoms with Gasteiger partial charge in [0.25, 0.3) is 0 Å². The lowest BCUT2D eigenvalue weighted by Crippen LogP contribution is -2.12. The summed E-state index contributed by atoms with van der Waals surface area (Å²) in [6.45, 7) is 2.04. The third-order valence-corrected chi connectivity index (χ3v) is 2.66. The largest absolute Gasteiger partial charge is 0.334 e. The minimum atomic E-state index is -0.427. The molecule has 0 aliphatic rings. The van der Waals surface area contributed by atoms with E-state index in [4.69, 9.17) is 5.73 Å². The van der Waals surface area contributed by atoms with Crippen LogP contribution in [0, 0.1) is 17.0 Å². The van der Waals surface area contributed by atoms with E-state index in [2.05, 4.69) is 10.1 Å². The third-order valence-electron chi connectivity index (χ3n) is 2.66. The topological polar surface area (TPSA) is 105 Å². The van der Waals surface area contributed by atoms with Crippen LogP contribution in [0.3, 0.4) is 0 Å². The number of rotatable bonds is 4. The Labute approximate surface area is 103 Å². The van der Waals surface area contributed by atoms with Crippen LogP contribution in [0.1, 0.15) is 11.5 Å². The summed E-state index contributed by atoms with van der Waals surface area (Å²) in [5, 5.41) is 15.2. The highest BCUT2D eigenvalue weighted by molar-refractivity contribution is 5.51. The average Bonchev–Trinajstić information content (AvgIpc) is 2.83. The first kappa shape index (κ1) is 12.2. The molecule has 96 valence electrons. The molecule has 0 fully saturated rings. The van der Waals surface area contributed by atoms with Crippen LogP contribution in [0.15, 0.2) is 12.4 Å². The maximum Gasteiger partial charge on any atom is 0.334 e. The van der Waals surface area contributed by atoms with E-state index in [0.717, 1.165) is 0 Å². The van der Waals surface area contributed by atoms with Gasteiger partial charge in [0.1, 0.15) is 11.5 Å². The molecule has 2 rings (SSSR count). The number of nitro groups is 1. The second-order valence-corrected chi connectivity index (χ2v) is 3.89. The predicted molar refractivity (Wildman–Crippen MR) is 64.5 cm³/mol. The van der Waals surface area contributed by atoms with Gasteiger partial charge in [0.15, 0.2) is 0 Å². The fourth-order valence-electron chi connectivity index (χ4n) is 1.96. The lowest BCUT2D eigenvalue weighted by molar-refractivity contribution is -0.385. The maximum atomic E-state index is 11.1. The summed E-state index contributed by atoms with van der Waals surface area (Å²) in [6, 6.07) is 0. The SMILES string of the molecule is Cc1nn(C)c(-n2ccnc2CCN)c1[N+](=O)[O-]. The Kier molecular flexibility index (Phi) is 3.11. The second-order valence-electron chi connectivity index (χ2n) is 3.89. The van der Waals surface area contributed by atoms with Gasteiger partial charge in [-0.3, -0.25) is 14.7 Å². The van der Waals surface area contributed by atoms with Crippen molar-refractivity contribution in [1.29, 1.82) is 0 Å². The van der Waals surface area contributed by atoms with Crippen molar-refractivity contribution >= 4 is 5.69 Å². The van der Waals surface area contributed by atoms with Gasteiger partial charge in [-0.15, -0.1) is 0 Å². The molecule has 0 atom stereocenters. The molecule has 0 aliphatic carbocycles. The Hall–Kier alpha value is -2.22. The molecule has 18 heavy (non-hydrogen) atoms. The van der Waals surface area contributed by atoms with Gasteiger partial charge >= 0.3 is 5.69 Å². The molecule has 0 saturated carbocycles. The number of aryl methyl sites for hydroxylation is 2. The zero-order chi connectivity index (χ0) is 13.3. The summed E-state index contributed by atoms with van der Waals surface area (Å²) in [4.78, 5) is 14.8. The molecular weight excluding hydrogens is 236 g/mol. The van der Waals surface area contributed by atoms with Crippen molar-refractivity contribution in [2.24, 2.45) is 12.8 Å². The Morgan fingerprint density at radius 2 is 2.28 bits per heavy atom. The van der Waals surface area contributed by atoms with Crippen molar-refractivity contribution in [3.63, 3.8) is 0 Å². The van der Waals surface area contributed by atoms with E-state index in [1.54, 1.807) is 30.9 Å². The minimum Gasteiger partial charge on any atom is -0.330 e. The summed E-state index contributed by atoms with van der Waals surface area (Å²) in [7, 11) is 1.67. The third kappa shape index (κ3) is 1.86. The molecule has 8 nitrogen and oxygen atoms in total. The molecule has 0 aromatic carbocycles. The highest BCUT2D eigenvalue weighted by atomic mass is 16.6. The summed E-state index contributed by atoms with van der Waals surface area (Å²) in [5.74, 6) is 1.09. The van der Waals surface area contributed by atoms with Crippen LogP contribution in [0.25, 0.3) is 5.82 Å². The quantitative estimate of drug-likeness (QED) is 0.621. The zero-order valence-electron chi connectivity index (χ0n) is 10.2. The van der Waals surface area contributed by atoms with Crippen molar-refractivity contribution in [3.8, 4) is 5.82 Å². The van der Waals surface area contributed by atoms with E-state index >= 15 is 0 Å². The van der Waals surface area contributed by atoms with Crippen molar-refractivity contribution < 1.29 is 4.92 Å². The van der Waals surface area contributed by atoms with Gasteiger partial charge in [-0.2, -0.15) is 5.10 Å². The fourth-order valence-corrected chi connectivity index (χ4v) is 1.96. The fraction of sp³-hybridized carbons (Fsp3) is 0.400. The van der Waals surface area contributed by atoms with Gasteiger partial charge in [0.05, 0.1) is 4.92 Å². The molecule has 0 radical (unpaired) electrons. The number of nitrogens with zero attached hydrogens (tertiary/aromatic N) is 5. The van der Waals surface area contributed by atoms with E-state index in [9.17, 15) is 10.1 Å². The van der Waals surface area contributed by atoms with Crippen LogP contribution in [0.4, 0.5) is 5.69 Å². The molecule has 0 unspecified atom stereocenters. The van der Waals surface area contributed by atoms with Gasteiger partial charge in [-0.05, 0) is 13.5 Å². The highest BCUT2D eigenvalue weighted by Gasteiger charge is 2.26. The Morgan fingerprint density at radius 3 is 2.89 bits per heavy atom. The minimum absolute atomic E-state index is 0.00577. The van der Waals surface area contributed by atoms with Crippen molar-refractivity contribution in [3.05, 3.63) is 34.0 Å². The first-order chi connectivity index (χ1) is 8.56. The van der Waals surface area contributed by atoms with E-state index in [1.807, 2.05) is 0 Å². The van der Waals surface area contributed by atoms with Crippen LogP contribution >= 0.6 is 0 Å². The summed E-state index contributed by atoms with van der Waals surface area (Å²) in [5.41, 5.74) is 5.87. The van der Waals surface area contributed by atoms with Gasteiger partial charge < -0.3 is 5.73 Å². The number of hydrogen-bond acceptors (Lipinski definition) is 5. The van der Waals surface area contributed by atoms with Crippen molar-refractivity contribution in [2.75, 3.05) is 6.54 Å². The summed E-state index contributed by atoms with van der Waals surface area (Å²) < 4.78 is 3.14. The smallest absolute Gasteiger partial charge is 0.330 e. The molecule has 8 heteroatoms. The second kappa shape index (κ2) is 4.57. The van der Waals surface area contributed by atoms with Gasteiger partial charge in [0, 0.05) is 25.9 Å². The lowest BCUT2D eigenvalue weighted by atomic mass is 10.3. The molecule has 2 aromatic heterocycles. The molecule has 2 N–H and O–H groups in total. The Bertz CT molecular complexity index is 585. The standard InChI is InChI=1S/C10H14N6O2/c1-7-9(16(17)18)10(14(2)13-7)15-6-5-12-8(15)3-4-11/h5-6H,3-4,11H2,1-2H3. The molecular formula is C10H14N6O2. The number of hydrogen-bond donors (Lipinski definition) is 1. The Balaban J connectivity index is 2.63. The van der Waals surface area contributed by atoms with E-state index < -0.39 is 4.92 Å². The van der Waals surface area contributed by atoms with Crippen LogP contribution in [0.2, 0.25) is 0 Å². The van der Waals surface area contributed by atoms with E-state index in [0.29, 0.717) is 30.3 Å². The first-order valence-electron chi connectivity index (χ1n) is 5.47. The van der Waals surface area contributed by atoms with E-state index in [-0.39, 0.29) is 5.69 Å². The predicted octanol–water partition coefficient (Wildman–Crippen LogP) is 0.324. The molecule has 0 amide bonds. The van der Waals surface area contributed by atoms with Crippen LogP contribution in [0.5, 0.6) is 0 Å². The van der Waals surface area contributed by atoms with Gasteiger partial charge in [-0.1, -0.05) is 0 Å². The van der Waals surface area contributed by atoms with Gasteiger partial charge in [-0.25, -0.2) is 9.67 Å². The average molecular weight is 250 g/mol. The molecule has 0 bridgehead atoms. The van der Waals surface area contributed by atoms with Crippen molar-refractivity contribution in [1.82, 2.24) is 19.3 Å². The Morgan fingerprint density at radius 1 is 1.56 bits per heavy atom. The lowest BCUT2D eigenvalue weighted by Gasteiger charge is -2.06. The molecule has 0 aliphatic heterocycles. The normalized spacial score (nSPS) is 10.8. The summed E-state index contributed by atoms with van der Waals surface area (Å²) >= 11 is 0. The van der Waals surface area contributed by atoms with Crippen LogP contribution < -0.4 is 5.73 Å². The van der Waals surface area contributed by atoms with Crippen molar-refractivity contribution in [2.45, 2.75) is 13.3 Å². The summed E-state index contributed by atoms with van der Waals surface area (Å²) in [6.07, 6.45) is 3.82. The number of aromatic nitrogens is 4. The van der Waals surface area contributed by atoms with Crippen LogP contribution in [-0.4, -0.2) is 30.8 Å².